The van der Waals surface area contributed by atoms with E-state index in [4.69, 9.17) is 5.73 Å². The molecule has 0 saturated carbocycles. The molecule has 0 spiro atoms. The summed E-state index contributed by atoms with van der Waals surface area (Å²) in [5, 5.41) is 0. The van der Waals surface area contributed by atoms with Crippen molar-refractivity contribution in [3.8, 4) is 0 Å². The fourth-order valence-corrected chi connectivity index (χ4v) is 1.22. The zero-order valence-corrected chi connectivity index (χ0v) is 8.80. The lowest BCUT2D eigenvalue weighted by atomic mass is 9.96. The first-order valence-corrected chi connectivity index (χ1v) is 4.82. The molecule has 0 amide bonds. The highest BCUT2D eigenvalue weighted by molar-refractivity contribution is 5.21. The van der Waals surface area contributed by atoms with E-state index in [-0.39, 0.29) is 5.54 Å². The molecule has 0 heterocycles. The van der Waals surface area contributed by atoms with Crippen molar-refractivity contribution >= 4 is 0 Å². The second-order valence-corrected chi connectivity index (χ2v) is 4.47. The lowest BCUT2D eigenvalue weighted by Gasteiger charge is -2.17. The monoisotopic (exact) mass is 177 g/mol. The Labute approximate surface area is 81.0 Å². The van der Waals surface area contributed by atoms with Gasteiger partial charge < -0.3 is 5.73 Å². The largest absolute Gasteiger partial charge is 0.326 e. The summed E-state index contributed by atoms with van der Waals surface area (Å²) in [5.41, 5.74) is 8.56. The molecule has 1 heteroatoms. The minimum atomic E-state index is -0.0507. The molecule has 72 valence electrons. The molecule has 1 rings (SSSR count). The van der Waals surface area contributed by atoms with Crippen molar-refractivity contribution in [1.82, 2.24) is 0 Å². The van der Waals surface area contributed by atoms with E-state index in [2.05, 4.69) is 45.0 Å². The van der Waals surface area contributed by atoms with Gasteiger partial charge in [-0.05, 0) is 39.2 Å². The average molecular weight is 177 g/mol. The Morgan fingerprint density at radius 2 is 1.69 bits per heavy atom. The SMILES string of the molecule is Cc1ccc(CCC(C)(C)N)cc1. The first kappa shape index (κ1) is 10.3. The molecule has 0 unspecified atom stereocenters. The van der Waals surface area contributed by atoms with E-state index < -0.39 is 0 Å². The van der Waals surface area contributed by atoms with Crippen LogP contribution in [0.15, 0.2) is 24.3 Å². The van der Waals surface area contributed by atoms with Crippen molar-refractivity contribution in [3.63, 3.8) is 0 Å². The van der Waals surface area contributed by atoms with E-state index in [9.17, 15) is 0 Å². The average Bonchev–Trinajstić information content (AvgIpc) is 2.02. The second-order valence-electron chi connectivity index (χ2n) is 4.47. The quantitative estimate of drug-likeness (QED) is 0.754. The fraction of sp³-hybridized carbons (Fsp3) is 0.500. The molecule has 13 heavy (non-hydrogen) atoms. The summed E-state index contributed by atoms with van der Waals surface area (Å²) in [6.45, 7) is 6.25. The molecule has 1 aromatic rings. The van der Waals surface area contributed by atoms with Crippen molar-refractivity contribution in [2.24, 2.45) is 5.73 Å². The lowest BCUT2D eigenvalue weighted by molar-refractivity contribution is 0.477. The molecule has 0 atom stereocenters. The van der Waals surface area contributed by atoms with Gasteiger partial charge in [0.05, 0.1) is 0 Å². The number of nitrogens with two attached hydrogens (primary N) is 1. The number of hydrogen-bond acceptors (Lipinski definition) is 1. The van der Waals surface area contributed by atoms with Crippen LogP contribution in [0.1, 0.15) is 31.4 Å². The molecule has 0 radical (unpaired) electrons. The molecule has 2 N–H and O–H groups in total. The van der Waals surface area contributed by atoms with Gasteiger partial charge in [0.2, 0.25) is 0 Å². The predicted molar refractivity (Wildman–Crippen MR) is 57.8 cm³/mol. The highest BCUT2D eigenvalue weighted by Gasteiger charge is 2.09. The first-order chi connectivity index (χ1) is 5.97. The number of rotatable bonds is 3. The van der Waals surface area contributed by atoms with Crippen molar-refractivity contribution in [2.45, 2.75) is 39.2 Å². The fourth-order valence-electron chi connectivity index (χ4n) is 1.22. The number of aryl methyl sites for hydroxylation is 2. The molecule has 1 aromatic carbocycles. The Kier molecular flexibility index (Phi) is 3.10. The molecule has 0 saturated heterocycles. The molecule has 0 aromatic heterocycles. The standard InChI is InChI=1S/C12H19N/c1-10-4-6-11(7-5-10)8-9-12(2,3)13/h4-7H,8-9,13H2,1-3H3. The molecule has 0 aliphatic heterocycles. The van der Waals surface area contributed by atoms with E-state index >= 15 is 0 Å². The van der Waals surface area contributed by atoms with Crippen LogP contribution in [0.25, 0.3) is 0 Å². The molecule has 0 fully saturated rings. The highest BCUT2D eigenvalue weighted by atomic mass is 14.7. The normalized spacial score (nSPS) is 11.7. The van der Waals surface area contributed by atoms with Gasteiger partial charge in [-0.2, -0.15) is 0 Å². The van der Waals surface area contributed by atoms with Gasteiger partial charge in [0.15, 0.2) is 0 Å². The lowest BCUT2D eigenvalue weighted by Crippen LogP contribution is -2.32. The maximum atomic E-state index is 5.91. The third-order valence-electron chi connectivity index (χ3n) is 2.18. The summed E-state index contributed by atoms with van der Waals surface area (Å²) in [4.78, 5) is 0. The van der Waals surface area contributed by atoms with Crippen LogP contribution in [0.4, 0.5) is 0 Å². The minimum absolute atomic E-state index is 0.0507. The third kappa shape index (κ3) is 4.09. The minimum Gasteiger partial charge on any atom is -0.326 e. The van der Waals surface area contributed by atoms with Gasteiger partial charge >= 0.3 is 0 Å². The summed E-state index contributed by atoms with van der Waals surface area (Å²) in [6, 6.07) is 8.67. The van der Waals surface area contributed by atoms with Gasteiger partial charge in [0, 0.05) is 5.54 Å². The molecule has 1 nitrogen and oxygen atoms in total. The molecule has 0 bridgehead atoms. The molecular weight excluding hydrogens is 158 g/mol. The van der Waals surface area contributed by atoms with Crippen LogP contribution >= 0.6 is 0 Å². The number of hydrogen-bond donors (Lipinski definition) is 1. The Hall–Kier alpha value is -0.820. The van der Waals surface area contributed by atoms with Gasteiger partial charge in [-0.15, -0.1) is 0 Å². The van der Waals surface area contributed by atoms with Gasteiger partial charge in [-0.3, -0.25) is 0 Å². The van der Waals surface area contributed by atoms with E-state index in [0.29, 0.717) is 0 Å². The Morgan fingerprint density at radius 3 is 2.15 bits per heavy atom. The van der Waals surface area contributed by atoms with E-state index in [0.717, 1.165) is 12.8 Å². The van der Waals surface area contributed by atoms with Crippen LogP contribution in [0.2, 0.25) is 0 Å². The van der Waals surface area contributed by atoms with Gasteiger partial charge in [0.1, 0.15) is 0 Å². The van der Waals surface area contributed by atoms with Crippen LogP contribution in [-0.2, 0) is 6.42 Å². The van der Waals surface area contributed by atoms with Gasteiger partial charge in [-0.25, -0.2) is 0 Å². The third-order valence-corrected chi connectivity index (χ3v) is 2.18. The summed E-state index contributed by atoms with van der Waals surface area (Å²) < 4.78 is 0. The summed E-state index contributed by atoms with van der Waals surface area (Å²) in [7, 11) is 0. The zero-order chi connectivity index (χ0) is 9.90. The van der Waals surface area contributed by atoms with Crippen molar-refractivity contribution in [1.29, 1.82) is 0 Å². The van der Waals surface area contributed by atoms with Crippen LogP contribution in [-0.4, -0.2) is 5.54 Å². The van der Waals surface area contributed by atoms with E-state index in [1.807, 2.05) is 0 Å². The molecule has 0 aliphatic rings. The zero-order valence-electron chi connectivity index (χ0n) is 8.80. The van der Waals surface area contributed by atoms with Crippen molar-refractivity contribution in [2.75, 3.05) is 0 Å². The topological polar surface area (TPSA) is 26.0 Å². The molecule has 0 aliphatic carbocycles. The summed E-state index contributed by atoms with van der Waals surface area (Å²) in [5.74, 6) is 0. The van der Waals surface area contributed by atoms with Crippen molar-refractivity contribution < 1.29 is 0 Å². The summed E-state index contributed by atoms with van der Waals surface area (Å²) >= 11 is 0. The Balaban J connectivity index is 2.51. The Bertz CT molecular complexity index is 253. The van der Waals surface area contributed by atoms with Gasteiger partial charge in [0.25, 0.3) is 0 Å². The second kappa shape index (κ2) is 3.93. The predicted octanol–water partition coefficient (Wildman–Crippen LogP) is 2.66. The first-order valence-electron chi connectivity index (χ1n) is 4.82. The molecular formula is C12H19N. The maximum absolute atomic E-state index is 5.91. The van der Waals surface area contributed by atoms with E-state index in [1.54, 1.807) is 0 Å². The Morgan fingerprint density at radius 1 is 1.15 bits per heavy atom. The van der Waals surface area contributed by atoms with Crippen LogP contribution in [0.5, 0.6) is 0 Å². The smallest absolute Gasteiger partial charge is 0.0100 e. The highest BCUT2D eigenvalue weighted by Crippen LogP contribution is 2.11. The van der Waals surface area contributed by atoms with Crippen molar-refractivity contribution in [3.05, 3.63) is 35.4 Å². The van der Waals surface area contributed by atoms with E-state index in [1.165, 1.54) is 11.1 Å². The number of benzene rings is 1. The van der Waals surface area contributed by atoms with Gasteiger partial charge in [-0.1, -0.05) is 29.8 Å². The van der Waals surface area contributed by atoms with Crippen LogP contribution < -0.4 is 5.73 Å². The summed E-state index contributed by atoms with van der Waals surface area (Å²) in [6.07, 6.45) is 2.11. The maximum Gasteiger partial charge on any atom is 0.0100 e. The van der Waals surface area contributed by atoms with Crippen LogP contribution in [0, 0.1) is 6.92 Å². The van der Waals surface area contributed by atoms with Crippen LogP contribution in [0.3, 0.4) is 0 Å².